The van der Waals surface area contributed by atoms with E-state index >= 15 is 0 Å². The van der Waals surface area contributed by atoms with Crippen molar-refractivity contribution >= 4 is 17.3 Å². The monoisotopic (exact) mass is 296 g/mol. The van der Waals surface area contributed by atoms with Crippen LogP contribution < -0.4 is 10.6 Å². The molecular weight excluding hydrogens is 276 g/mol. The maximum absolute atomic E-state index is 12.4. The lowest BCUT2D eigenvalue weighted by atomic mass is 10.1. The van der Waals surface area contributed by atoms with Crippen molar-refractivity contribution in [3.63, 3.8) is 0 Å². The molecule has 22 heavy (non-hydrogen) atoms. The predicted octanol–water partition coefficient (Wildman–Crippen LogP) is 3.34. The quantitative estimate of drug-likeness (QED) is 0.889. The van der Waals surface area contributed by atoms with E-state index in [0.717, 1.165) is 30.8 Å². The third-order valence-electron chi connectivity index (χ3n) is 3.74. The molecule has 4 nitrogen and oxygen atoms in total. The van der Waals surface area contributed by atoms with Gasteiger partial charge in [0, 0.05) is 18.8 Å². The molecule has 1 aliphatic heterocycles. The average molecular weight is 296 g/mol. The van der Waals surface area contributed by atoms with E-state index in [2.05, 4.69) is 10.6 Å². The van der Waals surface area contributed by atoms with Gasteiger partial charge in [0.25, 0.3) is 5.91 Å². The van der Waals surface area contributed by atoms with Crippen LogP contribution in [0.3, 0.4) is 0 Å². The number of ether oxygens (including phenoxy) is 1. The first-order valence-electron chi connectivity index (χ1n) is 7.64. The van der Waals surface area contributed by atoms with E-state index in [1.165, 1.54) is 0 Å². The normalized spacial score (nSPS) is 17.2. The first-order valence-corrected chi connectivity index (χ1v) is 7.64. The summed E-state index contributed by atoms with van der Waals surface area (Å²) in [6.07, 6.45) is 2.25. The van der Waals surface area contributed by atoms with Crippen LogP contribution in [0, 0.1) is 0 Å². The zero-order chi connectivity index (χ0) is 15.2. The van der Waals surface area contributed by atoms with Gasteiger partial charge in [0.2, 0.25) is 0 Å². The highest BCUT2D eigenvalue weighted by Gasteiger charge is 2.17. The van der Waals surface area contributed by atoms with Crippen LogP contribution in [0.25, 0.3) is 0 Å². The van der Waals surface area contributed by atoms with E-state index in [0.29, 0.717) is 12.1 Å². The largest absolute Gasteiger partial charge is 0.376 e. The number of hydrogen-bond acceptors (Lipinski definition) is 3. The van der Waals surface area contributed by atoms with E-state index in [9.17, 15) is 4.79 Å². The summed E-state index contributed by atoms with van der Waals surface area (Å²) >= 11 is 0. The minimum Gasteiger partial charge on any atom is -0.376 e. The average Bonchev–Trinajstić information content (AvgIpc) is 3.08. The lowest BCUT2D eigenvalue weighted by Crippen LogP contribution is -2.32. The highest BCUT2D eigenvalue weighted by atomic mass is 16.5. The molecule has 1 heterocycles. The first-order chi connectivity index (χ1) is 10.8. The topological polar surface area (TPSA) is 50.4 Å². The molecule has 2 aromatic rings. The molecule has 0 saturated carbocycles. The fourth-order valence-corrected chi connectivity index (χ4v) is 2.57. The third-order valence-corrected chi connectivity index (χ3v) is 3.74. The Hall–Kier alpha value is -2.33. The Balaban J connectivity index is 1.68. The van der Waals surface area contributed by atoms with Gasteiger partial charge in [-0.2, -0.15) is 0 Å². The Kier molecular flexibility index (Phi) is 4.71. The molecule has 0 aliphatic carbocycles. The Labute approximate surface area is 130 Å². The molecule has 1 unspecified atom stereocenters. The smallest absolute Gasteiger partial charge is 0.253 e. The number of para-hydroxylation sites is 2. The van der Waals surface area contributed by atoms with Crippen LogP contribution in [0.2, 0.25) is 0 Å². The van der Waals surface area contributed by atoms with E-state index in [1.54, 1.807) is 0 Å². The van der Waals surface area contributed by atoms with E-state index in [-0.39, 0.29) is 12.0 Å². The van der Waals surface area contributed by atoms with Crippen molar-refractivity contribution in [1.29, 1.82) is 0 Å². The van der Waals surface area contributed by atoms with Gasteiger partial charge in [-0.15, -0.1) is 0 Å². The van der Waals surface area contributed by atoms with Gasteiger partial charge in [0.15, 0.2) is 0 Å². The van der Waals surface area contributed by atoms with Gasteiger partial charge in [-0.1, -0.05) is 30.3 Å². The SMILES string of the molecule is O=C(NCC1CCCO1)c1ccccc1Nc1ccccc1. The number of nitrogens with one attached hydrogen (secondary N) is 2. The lowest BCUT2D eigenvalue weighted by molar-refractivity contribution is 0.0858. The fraction of sp³-hybridized carbons (Fsp3) is 0.278. The molecule has 0 spiro atoms. The molecular formula is C18H20N2O2. The Morgan fingerprint density at radius 1 is 1.09 bits per heavy atom. The van der Waals surface area contributed by atoms with Gasteiger partial charge < -0.3 is 15.4 Å². The van der Waals surface area contributed by atoms with Gasteiger partial charge >= 0.3 is 0 Å². The van der Waals surface area contributed by atoms with Crippen molar-refractivity contribution in [1.82, 2.24) is 5.32 Å². The number of carbonyl (C=O) groups is 1. The van der Waals surface area contributed by atoms with Gasteiger partial charge in [-0.25, -0.2) is 0 Å². The van der Waals surface area contributed by atoms with Crippen LogP contribution in [0.15, 0.2) is 54.6 Å². The van der Waals surface area contributed by atoms with Crippen molar-refractivity contribution in [3.05, 3.63) is 60.2 Å². The van der Waals surface area contributed by atoms with Crippen LogP contribution in [0.5, 0.6) is 0 Å². The predicted molar refractivity (Wildman–Crippen MR) is 87.5 cm³/mol. The highest BCUT2D eigenvalue weighted by molar-refractivity contribution is 6.00. The van der Waals surface area contributed by atoms with Crippen LogP contribution in [-0.4, -0.2) is 25.2 Å². The molecule has 4 heteroatoms. The summed E-state index contributed by atoms with van der Waals surface area (Å²) in [7, 11) is 0. The second-order valence-corrected chi connectivity index (χ2v) is 5.38. The van der Waals surface area contributed by atoms with Crippen molar-refractivity contribution in [2.75, 3.05) is 18.5 Å². The first kappa shape index (κ1) is 14.6. The van der Waals surface area contributed by atoms with Crippen LogP contribution in [0.1, 0.15) is 23.2 Å². The lowest BCUT2D eigenvalue weighted by Gasteiger charge is -2.14. The molecule has 1 aliphatic rings. The summed E-state index contributed by atoms with van der Waals surface area (Å²) in [4.78, 5) is 12.4. The number of benzene rings is 2. The number of anilines is 2. The number of rotatable bonds is 5. The summed E-state index contributed by atoms with van der Waals surface area (Å²) in [6, 6.07) is 17.4. The van der Waals surface area contributed by atoms with Gasteiger partial charge in [0.05, 0.1) is 17.4 Å². The third kappa shape index (κ3) is 3.65. The minimum atomic E-state index is -0.0745. The molecule has 2 N–H and O–H groups in total. The van der Waals surface area contributed by atoms with E-state index < -0.39 is 0 Å². The minimum absolute atomic E-state index is 0.0745. The summed E-state index contributed by atoms with van der Waals surface area (Å²) in [5.41, 5.74) is 2.41. The zero-order valence-corrected chi connectivity index (χ0v) is 12.4. The molecule has 1 fully saturated rings. The molecule has 2 aromatic carbocycles. The van der Waals surface area contributed by atoms with Crippen molar-refractivity contribution in [2.24, 2.45) is 0 Å². The Morgan fingerprint density at radius 2 is 1.86 bits per heavy atom. The number of amides is 1. The van der Waals surface area contributed by atoms with Crippen molar-refractivity contribution in [3.8, 4) is 0 Å². The maximum Gasteiger partial charge on any atom is 0.253 e. The van der Waals surface area contributed by atoms with Gasteiger partial charge in [0.1, 0.15) is 0 Å². The molecule has 1 amide bonds. The summed E-state index contributed by atoms with van der Waals surface area (Å²) in [5.74, 6) is -0.0745. The molecule has 1 saturated heterocycles. The molecule has 3 rings (SSSR count). The second-order valence-electron chi connectivity index (χ2n) is 5.38. The number of carbonyl (C=O) groups excluding carboxylic acids is 1. The summed E-state index contributed by atoms with van der Waals surface area (Å²) in [5, 5.41) is 6.25. The van der Waals surface area contributed by atoms with Gasteiger partial charge in [-0.05, 0) is 37.1 Å². The number of hydrogen-bond donors (Lipinski definition) is 2. The molecule has 114 valence electrons. The van der Waals surface area contributed by atoms with E-state index in [1.807, 2.05) is 54.6 Å². The molecule has 1 atom stereocenters. The highest BCUT2D eigenvalue weighted by Crippen LogP contribution is 2.20. The van der Waals surface area contributed by atoms with Crippen LogP contribution in [0.4, 0.5) is 11.4 Å². The zero-order valence-electron chi connectivity index (χ0n) is 12.4. The fourth-order valence-electron chi connectivity index (χ4n) is 2.57. The van der Waals surface area contributed by atoms with Crippen LogP contribution in [-0.2, 0) is 4.74 Å². The second kappa shape index (κ2) is 7.09. The standard InChI is InChI=1S/C18H20N2O2/c21-18(19-13-15-9-6-12-22-15)16-10-4-5-11-17(16)20-14-7-2-1-3-8-14/h1-5,7-8,10-11,15,20H,6,9,12-13H2,(H,19,21). The summed E-state index contributed by atoms with van der Waals surface area (Å²) in [6.45, 7) is 1.37. The van der Waals surface area contributed by atoms with Crippen molar-refractivity contribution in [2.45, 2.75) is 18.9 Å². The Morgan fingerprint density at radius 3 is 2.64 bits per heavy atom. The molecule has 0 radical (unpaired) electrons. The molecule has 0 aromatic heterocycles. The van der Waals surface area contributed by atoms with Gasteiger partial charge in [-0.3, -0.25) is 4.79 Å². The van der Waals surface area contributed by atoms with Crippen LogP contribution >= 0.6 is 0 Å². The summed E-state index contributed by atoms with van der Waals surface area (Å²) < 4.78 is 5.53. The van der Waals surface area contributed by atoms with E-state index in [4.69, 9.17) is 4.74 Å². The maximum atomic E-state index is 12.4. The molecule has 0 bridgehead atoms. The van der Waals surface area contributed by atoms with Crippen molar-refractivity contribution < 1.29 is 9.53 Å². The Bertz CT molecular complexity index is 622.